The van der Waals surface area contributed by atoms with Crippen molar-refractivity contribution in [1.82, 2.24) is 0 Å². The largest absolute Gasteiger partial charge is 0.240 e. The highest BCUT2D eigenvalue weighted by Crippen LogP contribution is 2.10. The molecule has 0 amide bonds. The number of nitrogens with zero attached hydrogens (tertiary/aromatic N) is 1. The summed E-state index contributed by atoms with van der Waals surface area (Å²) in [6.07, 6.45) is 2.73. The van der Waals surface area contributed by atoms with Crippen molar-refractivity contribution in [1.29, 1.82) is 0 Å². The molecule has 0 unspecified atom stereocenters. The van der Waals surface area contributed by atoms with Gasteiger partial charge in [0.1, 0.15) is 0 Å². The van der Waals surface area contributed by atoms with Gasteiger partial charge in [-0.05, 0) is 19.1 Å². The average molecular weight is 177 g/mol. The Hall–Kier alpha value is -1.40. The Morgan fingerprint density at radius 3 is 2.08 bits per heavy atom. The summed E-state index contributed by atoms with van der Waals surface area (Å²) in [5.41, 5.74) is 1.81. The van der Waals surface area contributed by atoms with Crippen LogP contribution in [-0.4, -0.2) is 6.08 Å². The van der Waals surface area contributed by atoms with E-state index in [9.17, 15) is 4.79 Å². The Morgan fingerprint density at radius 2 is 1.69 bits per heavy atom. The van der Waals surface area contributed by atoms with Crippen molar-refractivity contribution in [3.63, 3.8) is 0 Å². The Kier molecular flexibility index (Phi) is 6.48. The summed E-state index contributed by atoms with van der Waals surface area (Å²) in [6.45, 7) is 6.23. The first-order chi connectivity index (χ1) is 6.24. The third kappa shape index (κ3) is 5.83. The zero-order valence-corrected chi connectivity index (χ0v) is 8.37. The molecule has 0 aliphatic heterocycles. The lowest BCUT2D eigenvalue weighted by Gasteiger charge is -1.89. The number of hydrogen-bond acceptors (Lipinski definition) is 2. The molecule has 2 heteroatoms. The molecule has 0 aliphatic rings. The molecule has 70 valence electrons. The summed E-state index contributed by atoms with van der Waals surface area (Å²) in [6, 6.07) is 7.35. The average Bonchev–Trinajstić information content (AvgIpc) is 2.11. The van der Waals surface area contributed by atoms with Crippen molar-refractivity contribution in [2.24, 2.45) is 4.99 Å². The monoisotopic (exact) mass is 177 g/mol. The smallest absolute Gasteiger partial charge is 0.211 e. The Balaban J connectivity index is 0.000000424. The topological polar surface area (TPSA) is 29.4 Å². The van der Waals surface area contributed by atoms with Crippen molar-refractivity contribution in [2.45, 2.75) is 27.2 Å². The maximum absolute atomic E-state index is 9.77. The van der Waals surface area contributed by atoms with Crippen LogP contribution in [-0.2, 0) is 4.79 Å². The van der Waals surface area contributed by atoms with E-state index < -0.39 is 0 Å². The maximum atomic E-state index is 9.77. The minimum atomic E-state index is 0.653. The van der Waals surface area contributed by atoms with Gasteiger partial charge in [0.2, 0.25) is 6.08 Å². The Bertz CT molecular complexity index is 271. The number of benzene rings is 1. The molecule has 0 fully saturated rings. The van der Waals surface area contributed by atoms with Crippen LogP contribution in [0.3, 0.4) is 0 Å². The predicted molar refractivity (Wildman–Crippen MR) is 54.9 cm³/mol. The van der Waals surface area contributed by atoms with Crippen LogP contribution in [0.25, 0.3) is 0 Å². The van der Waals surface area contributed by atoms with E-state index in [1.54, 1.807) is 12.1 Å². The van der Waals surface area contributed by atoms with E-state index in [2.05, 4.69) is 18.8 Å². The van der Waals surface area contributed by atoms with Crippen molar-refractivity contribution < 1.29 is 4.79 Å². The van der Waals surface area contributed by atoms with Crippen LogP contribution in [0.2, 0.25) is 0 Å². The second-order valence-corrected chi connectivity index (χ2v) is 2.75. The zero-order chi connectivity index (χ0) is 10.1. The molecule has 0 saturated carbocycles. The highest BCUT2D eigenvalue weighted by atomic mass is 16.1. The molecule has 13 heavy (non-hydrogen) atoms. The van der Waals surface area contributed by atoms with Gasteiger partial charge in [-0.25, -0.2) is 4.79 Å². The summed E-state index contributed by atoms with van der Waals surface area (Å²) < 4.78 is 0. The molecular weight excluding hydrogens is 162 g/mol. The fraction of sp³-hybridized carbons (Fsp3) is 0.364. The SMILES string of the molecule is CCC.Cc1ccc(N=C=O)cc1. The molecule has 1 aromatic rings. The van der Waals surface area contributed by atoms with Gasteiger partial charge in [-0.1, -0.05) is 38.0 Å². The number of aryl methyl sites for hydroxylation is 1. The number of isocyanates is 1. The molecule has 2 nitrogen and oxygen atoms in total. The molecule has 0 heterocycles. The second kappa shape index (κ2) is 7.26. The van der Waals surface area contributed by atoms with Gasteiger partial charge in [-0.3, -0.25) is 0 Å². The van der Waals surface area contributed by atoms with Crippen molar-refractivity contribution in [2.75, 3.05) is 0 Å². The van der Waals surface area contributed by atoms with E-state index in [0.717, 1.165) is 5.56 Å². The van der Waals surface area contributed by atoms with E-state index in [0.29, 0.717) is 5.69 Å². The van der Waals surface area contributed by atoms with Gasteiger partial charge >= 0.3 is 0 Å². The molecule has 0 spiro atoms. The molecule has 0 bridgehead atoms. The highest BCUT2D eigenvalue weighted by molar-refractivity contribution is 5.48. The van der Waals surface area contributed by atoms with Crippen LogP contribution < -0.4 is 0 Å². The highest BCUT2D eigenvalue weighted by Gasteiger charge is 1.85. The van der Waals surface area contributed by atoms with Crippen molar-refractivity contribution >= 4 is 11.8 Å². The Labute approximate surface area is 79.3 Å². The molecule has 0 atom stereocenters. The molecule has 0 N–H and O–H groups in total. The van der Waals surface area contributed by atoms with Crippen LogP contribution in [0, 0.1) is 6.92 Å². The number of aliphatic imine (C=N–C) groups is 1. The Morgan fingerprint density at radius 1 is 1.23 bits per heavy atom. The third-order valence-electron chi connectivity index (χ3n) is 1.21. The van der Waals surface area contributed by atoms with E-state index in [1.807, 2.05) is 19.1 Å². The third-order valence-corrected chi connectivity index (χ3v) is 1.21. The fourth-order valence-corrected chi connectivity index (χ4v) is 0.672. The zero-order valence-electron chi connectivity index (χ0n) is 8.37. The van der Waals surface area contributed by atoms with Gasteiger partial charge < -0.3 is 0 Å². The van der Waals surface area contributed by atoms with E-state index >= 15 is 0 Å². The first kappa shape index (κ1) is 11.6. The molecular formula is C11H15NO. The van der Waals surface area contributed by atoms with Gasteiger partial charge in [0, 0.05) is 0 Å². The lowest BCUT2D eigenvalue weighted by molar-refractivity contribution is 0.565. The number of hydrogen-bond donors (Lipinski definition) is 0. The van der Waals surface area contributed by atoms with Crippen molar-refractivity contribution in [3.8, 4) is 0 Å². The van der Waals surface area contributed by atoms with E-state index in [-0.39, 0.29) is 0 Å². The van der Waals surface area contributed by atoms with Gasteiger partial charge in [0.25, 0.3) is 0 Å². The van der Waals surface area contributed by atoms with Crippen LogP contribution in [0.15, 0.2) is 29.3 Å². The fourth-order valence-electron chi connectivity index (χ4n) is 0.672. The summed E-state index contributed by atoms with van der Waals surface area (Å²) in [5.74, 6) is 0. The number of rotatable bonds is 1. The predicted octanol–water partition coefficient (Wildman–Crippen LogP) is 3.38. The molecule has 0 saturated heterocycles. The first-order valence-corrected chi connectivity index (χ1v) is 4.39. The van der Waals surface area contributed by atoms with Gasteiger partial charge in [-0.15, -0.1) is 0 Å². The summed E-state index contributed by atoms with van der Waals surface area (Å²) in [5, 5.41) is 0. The van der Waals surface area contributed by atoms with Gasteiger partial charge in [-0.2, -0.15) is 4.99 Å². The lowest BCUT2D eigenvalue weighted by atomic mass is 10.2. The standard InChI is InChI=1S/C8H7NO.C3H8/c1-7-2-4-8(5-3-7)9-6-10;1-3-2/h2-5H,1H3;3H2,1-2H3. The van der Waals surface area contributed by atoms with Gasteiger partial charge in [0.15, 0.2) is 0 Å². The number of carbonyl (C=O) groups excluding carboxylic acids is 1. The van der Waals surface area contributed by atoms with Crippen molar-refractivity contribution in [3.05, 3.63) is 29.8 Å². The van der Waals surface area contributed by atoms with Crippen LogP contribution >= 0.6 is 0 Å². The van der Waals surface area contributed by atoms with E-state index in [4.69, 9.17) is 0 Å². The van der Waals surface area contributed by atoms with Crippen LogP contribution in [0.1, 0.15) is 25.8 Å². The lowest BCUT2D eigenvalue weighted by Crippen LogP contribution is -1.67. The molecule has 1 rings (SSSR count). The summed E-state index contributed by atoms with van der Waals surface area (Å²) in [7, 11) is 0. The minimum Gasteiger partial charge on any atom is -0.211 e. The quantitative estimate of drug-likeness (QED) is 0.477. The van der Waals surface area contributed by atoms with Crippen LogP contribution in [0.5, 0.6) is 0 Å². The first-order valence-electron chi connectivity index (χ1n) is 4.39. The summed E-state index contributed by atoms with van der Waals surface area (Å²) >= 11 is 0. The second-order valence-electron chi connectivity index (χ2n) is 2.75. The summed E-state index contributed by atoms with van der Waals surface area (Å²) in [4.78, 5) is 13.2. The van der Waals surface area contributed by atoms with E-state index in [1.165, 1.54) is 12.5 Å². The molecule has 0 aromatic heterocycles. The normalized spacial score (nSPS) is 7.92. The molecule has 0 aliphatic carbocycles. The van der Waals surface area contributed by atoms with Crippen LogP contribution in [0.4, 0.5) is 5.69 Å². The molecule has 0 radical (unpaired) electrons. The van der Waals surface area contributed by atoms with Gasteiger partial charge in [0.05, 0.1) is 5.69 Å². The maximum Gasteiger partial charge on any atom is 0.240 e. The molecule has 1 aromatic carbocycles. The minimum absolute atomic E-state index is 0.653.